The lowest BCUT2D eigenvalue weighted by Crippen LogP contribution is -2.49. The summed E-state index contributed by atoms with van der Waals surface area (Å²) in [7, 11) is -3.83. The van der Waals surface area contributed by atoms with E-state index >= 15 is 0 Å². The van der Waals surface area contributed by atoms with E-state index in [0.717, 1.165) is 5.52 Å². The maximum Gasteiger partial charge on any atom is 0.321 e. The van der Waals surface area contributed by atoms with Crippen molar-refractivity contribution in [1.82, 2.24) is 20.2 Å². The Morgan fingerprint density at radius 1 is 1.32 bits per heavy atom. The van der Waals surface area contributed by atoms with Gasteiger partial charge in [0.15, 0.2) is 5.16 Å². The summed E-state index contributed by atoms with van der Waals surface area (Å²) in [6.07, 6.45) is 0. The molecule has 154 valence electrons. The smallest absolute Gasteiger partial charge is 0.321 e. The second kappa shape index (κ2) is 8.10. The highest BCUT2D eigenvalue weighted by Crippen LogP contribution is 2.28. The first-order valence-corrected chi connectivity index (χ1v) is 11.1. The van der Waals surface area contributed by atoms with Crippen molar-refractivity contribution in [3.05, 3.63) is 18.2 Å². The van der Waals surface area contributed by atoms with Crippen molar-refractivity contribution in [1.29, 1.82) is 0 Å². The largest absolute Gasteiger partial charge is 0.333 e. The molecule has 0 spiro atoms. The van der Waals surface area contributed by atoms with Crippen molar-refractivity contribution in [2.24, 2.45) is 5.14 Å². The van der Waals surface area contributed by atoms with Gasteiger partial charge in [0, 0.05) is 12.1 Å². The number of urea groups is 1. The van der Waals surface area contributed by atoms with Crippen LogP contribution < -0.4 is 15.8 Å². The van der Waals surface area contributed by atoms with Gasteiger partial charge in [-0.2, -0.15) is 0 Å². The van der Waals surface area contributed by atoms with E-state index in [1.54, 1.807) is 13.0 Å². The Labute approximate surface area is 168 Å². The number of thioether (sulfide) groups is 1. The molecule has 1 heterocycles. The zero-order valence-electron chi connectivity index (χ0n) is 16.4. The number of nitrogens with one attached hydrogen (secondary N) is 2. The first-order chi connectivity index (χ1) is 12.8. The first-order valence-electron chi connectivity index (χ1n) is 8.64. The molecule has 0 fully saturated rings. The van der Waals surface area contributed by atoms with Crippen LogP contribution in [-0.4, -0.2) is 40.7 Å². The number of sulfonamides is 1. The van der Waals surface area contributed by atoms with Gasteiger partial charge in [-0.1, -0.05) is 11.8 Å². The molecule has 1 aromatic heterocycles. The number of carbonyl (C=O) groups is 2. The van der Waals surface area contributed by atoms with E-state index in [0.29, 0.717) is 17.2 Å². The van der Waals surface area contributed by atoms with E-state index in [2.05, 4.69) is 15.6 Å². The van der Waals surface area contributed by atoms with Crippen LogP contribution in [0.2, 0.25) is 0 Å². The van der Waals surface area contributed by atoms with Gasteiger partial charge in [0.05, 0.1) is 21.2 Å². The van der Waals surface area contributed by atoms with Crippen LogP contribution >= 0.6 is 11.8 Å². The fourth-order valence-electron chi connectivity index (χ4n) is 2.46. The number of amides is 3. The lowest BCUT2D eigenvalue weighted by Gasteiger charge is -2.21. The molecule has 0 radical (unpaired) electrons. The summed E-state index contributed by atoms with van der Waals surface area (Å²) in [5, 5.41) is 10.1. The number of hydrogen-bond donors (Lipinski definition) is 3. The normalized spacial score (nSPS) is 13.4. The lowest BCUT2D eigenvalue weighted by molar-refractivity contribution is -0.119. The number of primary sulfonamides is 1. The molecule has 0 aliphatic heterocycles. The van der Waals surface area contributed by atoms with Crippen LogP contribution in [-0.2, 0) is 21.4 Å². The number of imide groups is 1. The van der Waals surface area contributed by atoms with E-state index in [1.807, 2.05) is 32.3 Å². The molecular formula is C17H25N5O4S2. The molecular weight excluding hydrogens is 402 g/mol. The Balaban J connectivity index is 2.22. The topological polar surface area (TPSA) is 136 Å². The average molecular weight is 428 g/mol. The van der Waals surface area contributed by atoms with Crippen molar-refractivity contribution in [2.75, 3.05) is 0 Å². The number of hydrogen-bond acceptors (Lipinski definition) is 6. The van der Waals surface area contributed by atoms with Crippen LogP contribution in [0, 0.1) is 0 Å². The Kier molecular flexibility index (Phi) is 6.41. The number of nitrogens with zero attached hydrogens (tertiary/aromatic N) is 2. The summed E-state index contributed by atoms with van der Waals surface area (Å²) in [5.74, 6) is -0.452. The third-order valence-corrected chi connectivity index (χ3v) is 5.71. The monoisotopic (exact) mass is 427 g/mol. The molecule has 2 aromatic rings. The number of aromatic nitrogens is 2. The van der Waals surface area contributed by atoms with Crippen molar-refractivity contribution < 1.29 is 18.0 Å². The standard InChI is InChI=1S/C17H25N5O4S2/c1-6-22-13-8-7-11(28(18,25)26)9-12(13)19-16(22)27-10(2)14(23)20-15(24)21-17(3,4)5/h7-10H,6H2,1-5H3,(H2,18,25,26)(H2,20,21,23,24). The molecule has 1 atom stereocenters. The molecule has 4 N–H and O–H groups in total. The van der Waals surface area contributed by atoms with Crippen molar-refractivity contribution >= 4 is 44.8 Å². The number of rotatable bonds is 5. The minimum absolute atomic E-state index is 0.0260. The molecule has 28 heavy (non-hydrogen) atoms. The fraction of sp³-hybridized carbons (Fsp3) is 0.471. The molecule has 0 aliphatic carbocycles. The van der Waals surface area contributed by atoms with Gasteiger partial charge in [0.2, 0.25) is 15.9 Å². The Morgan fingerprint density at radius 2 is 1.96 bits per heavy atom. The van der Waals surface area contributed by atoms with Crippen LogP contribution in [0.1, 0.15) is 34.6 Å². The second-order valence-electron chi connectivity index (χ2n) is 7.29. The first kappa shape index (κ1) is 22.2. The van der Waals surface area contributed by atoms with E-state index in [-0.39, 0.29) is 4.90 Å². The summed E-state index contributed by atoms with van der Waals surface area (Å²) >= 11 is 1.18. The molecule has 0 saturated carbocycles. The number of nitrogens with two attached hydrogens (primary N) is 1. The van der Waals surface area contributed by atoms with E-state index in [9.17, 15) is 18.0 Å². The average Bonchev–Trinajstić information content (AvgIpc) is 2.87. The van der Waals surface area contributed by atoms with E-state index in [1.165, 1.54) is 23.9 Å². The maximum atomic E-state index is 12.3. The van der Waals surface area contributed by atoms with E-state index < -0.39 is 32.8 Å². The van der Waals surface area contributed by atoms with Gasteiger partial charge in [0.1, 0.15) is 0 Å². The number of benzene rings is 1. The minimum atomic E-state index is -3.83. The number of carbonyl (C=O) groups excluding carboxylic acids is 2. The Hall–Kier alpha value is -2.11. The Bertz CT molecular complexity index is 1010. The van der Waals surface area contributed by atoms with Crippen molar-refractivity contribution in [3.63, 3.8) is 0 Å². The third kappa shape index (κ3) is 5.46. The highest BCUT2D eigenvalue weighted by atomic mass is 32.2. The highest BCUT2D eigenvalue weighted by molar-refractivity contribution is 8.00. The zero-order valence-corrected chi connectivity index (χ0v) is 18.1. The Morgan fingerprint density at radius 3 is 2.50 bits per heavy atom. The van der Waals surface area contributed by atoms with Crippen LogP contribution in [0.3, 0.4) is 0 Å². The van der Waals surface area contributed by atoms with Gasteiger partial charge in [0.25, 0.3) is 0 Å². The highest BCUT2D eigenvalue weighted by Gasteiger charge is 2.23. The summed E-state index contributed by atoms with van der Waals surface area (Å²) in [4.78, 5) is 28.6. The molecule has 2 rings (SSSR count). The number of aryl methyl sites for hydroxylation is 1. The lowest BCUT2D eigenvalue weighted by atomic mass is 10.1. The summed E-state index contributed by atoms with van der Waals surface area (Å²) in [6.45, 7) is 9.60. The summed E-state index contributed by atoms with van der Waals surface area (Å²) in [6, 6.07) is 3.90. The molecule has 9 nitrogen and oxygen atoms in total. The van der Waals surface area contributed by atoms with Crippen molar-refractivity contribution in [3.8, 4) is 0 Å². The molecule has 0 aliphatic rings. The second-order valence-corrected chi connectivity index (χ2v) is 10.2. The SMILES string of the molecule is CCn1c(SC(C)C(=O)NC(=O)NC(C)(C)C)nc2cc(S(N)(=O)=O)ccc21. The fourth-order valence-corrected chi connectivity index (χ4v) is 3.98. The van der Waals surface area contributed by atoms with Gasteiger partial charge >= 0.3 is 6.03 Å². The quantitative estimate of drug-likeness (QED) is 0.623. The minimum Gasteiger partial charge on any atom is -0.333 e. The molecule has 3 amide bonds. The van der Waals surface area contributed by atoms with Crippen LogP contribution in [0.5, 0.6) is 0 Å². The molecule has 0 bridgehead atoms. The van der Waals surface area contributed by atoms with Crippen molar-refractivity contribution in [2.45, 2.75) is 62.0 Å². The van der Waals surface area contributed by atoms with Crippen LogP contribution in [0.25, 0.3) is 11.0 Å². The van der Waals surface area contributed by atoms with Gasteiger partial charge < -0.3 is 9.88 Å². The third-order valence-electron chi connectivity index (χ3n) is 3.71. The molecule has 0 saturated heterocycles. The van der Waals surface area contributed by atoms with E-state index in [4.69, 9.17) is 5.14 Å². The molecule has 1 unspecified atom stereocenters. The number of fused-ring (bicyclic) bond motifs is 1. The van der Waals surface area contributed by atoms with Gasteiger partial charge in [-0.05, 0) is 52.8 Å². The zero-order chi connectivity index (χ0) is 21.3. The maximum absolute atomic E-state index is 12.3. The van der Waals surface area contributed by atoms with Gasteiger partial charge in [-0.3, -0.25) is 10.1 Å². The molecule has 11 heteroatoms. The predicted octanol–water partition coefficient (Wildman–Crippen LogP) is 1.81. The summed E-state index contributed by atoms with van der Waals surface area (Å²) < 4.78 is 25.0. The van der Waals surface area contributed by atoms with Crippen LogP contribution in [0.4, 0.5) is 4.79 Å². The number of imidazole rings is 1. The predicted molar refractivity (Wildman–Crippen MR) is 109 cm³/mol. The van der Waals surface area contributed by atoms with Gasteiger partial charge in [-0.15, -0.1) is 0 Å². The summed E-state index contributed by atoms with van der Waals surface area (Å²) in [5.41, 5.74) is 0.738. The van der Waals surface area contributed by atoms with Gasteiger partial charge in [-0.25, -0.2) is 23.3 Å². The van der Waals surface area contributed by atoms with Crippen LogP contribution in [0.15, 0.2) is 28.3 Å². The molecule has 1 aromatic carbocycles.